The lowest BCUT2D eigenvalue weighted by Gasteiger charge is -2.37. The van der Waals surface area contributed by atoms with Crippen molar-refractivity contribution in [2.75, 3.05) is 26.2 Å². The molecule has 1 atom stereocenters. The van der Waals surface area contributed by atoms with Crippen molar-refractivity contribution in [2.45, 2.75) is 38.2 Å². The quantitative estimate of drug-likeness (QED) is 0.882. The van der Waals surface area contributed by atoms with E-state index in [2.05, 4.69) is 29.3 Å². The number of H-pyrrole nitrogens is 1. The van der Waals surface area contributed by atoms with Crippen LogP contribution in [0.15, 0.2) is 36.4 Å². The molecule has 2 saturated heterocycles. The van der Waals surface area contributed by atoms with Crippen molar-refractivity contribution in [3.63, 3.8) is 0 Å². The second-order valence-corrected chi connectivity index (χ2v) is 7.97. The molecule has 1 spiro atoms. The van der Waals surface area contributed by atoms with Gasteiger partial charge in [-0.3, -0.25) is 9.89 Å². The van der Waals surface area contributed by atoms with Crippen LogP contribution in [-0.2, 0) is 4.74 Å². The molecule has 2 aliphatic rings. The Labute approximate surface area is 164 Å². The van der Waals surface area contributed by atoms with Crippen LogP contribution in [0.25, 0.3) is 0 Å². The molecule has 7 heteroatoms. The summed E-state index contributed by atoms with van der Waals surface area (Å²) in [5.41, 5.74) is 2.04. The van der Waals surface area contributed by atoms with Gasteiger partial charge in [-0.25, -0.2) is 4.79 Å². The number of hydrogen-bond acceptors (Lipinski definition) is 4. The number of hydrogen-bond donors (Lipinski definition) is 1. The highest BCUT2D eigenvalue weighted by Crippen LogP contribution is 2.34. The van der Waals surface area contributed by atoms with Crippen molar-refractivity contribution >= 4 is 12.0 Å². The van der Waals surface area contributed by atoms with Gasteiger partial charge in [0.2, 0.25) is 0 Å². The number of amides is 2. The van der Waals surface area contributed by atoms with Crippen LogP contribution in [0.2, 0.25) is 0 Å². The predicted molar refractivity (Wildman–Crippen MR) is 104 cm³/mol. The van der Waals surface area contributed by atoms with Gasteiger partial charge in [0.25, 0.3) is 5.91 Å². The summed E-state index contributed by atoms with van der Waals surface area (Å²) in [5, 5.41) is 6.86. The van der Waals surface area contributed by atoms with Gasteiger partial charge in [0.05, 0.1) is 6.54 Å². The fourth-order valence-electron chi connectivity index (χ4n) is 4.12. The van der Waals surface area contributed by atoms with Gasteiger partial charge in [-0.1, -0.05) is 37.3 Å². The van der Waals surface area contributed by atoms with E-state index < -0.39 is 5.60 Å². The van der Waals surface area contributed by atoms with E-state index in [-0.39, 0.29) is 17.9 Å². The summed E-state index contributed by atoms with van der Waals surface area (Å²) in [5.74, 6) is 0.173. The highest BCUT2D eigenvalue weighted by atomic mass is 16.6. The minimum Gasteiger partial charge on any atom is -0.441 e. The first-order valence-electron chi connectivity index (χ1n) is 9.80. The molecule has 7 nitrogen and oxygen atoms in total. The smallest absolute Gasteiger partial charge is 0.410 e. The zero-order valence-electron chi connectivity index (χ0n) is 16.4. The van der Waals surface area contributed by atoms with E-state index in [1.807, 2.05) is 30.0 Å². The molecule has 28 heavy (non-hydrogen) atoms. The molecule has 1 N–H and O–H groups in total. The van der Waals surface area contributed by atoms with Crippen molar-refractivity contribution in [1.29, 1.82) is 0 Å². The molecule has 2 fully saturated rings. The van der Waals surface area contributed by atoms with E-state index in [4.69, 9.17) is 4.74 Å². The number of benzene rings is 1. The van der Waals surface area contributed by atoms with Crippen LogP contribution in [0.3, 0.4) is 0 Å². The van der Waals surface area contributed by atoms with Crippen LogP contribution in [0.4, 0.5) is 4.79 Å². The summed E-state index contributed by atoms with van der Waals surface area (Å²) in [4.78, 5) is 28.6. The van der Waals surface area contributed by atoms with Crippen molar-refractivity contribution < 1.29 is 14.3 Å². The van der Waals surface area contributed by atoms with Gasteiger partial charge in [0, 0.05) is 38.2 Å². The Morgan fingerprint density at radius 3 is 2.64 bits per heavy atom. The van der Waals surface area contributed by atoms with Crippen molar-refractivity contribution in [1.82, 2.24) is 20.0 Å². The van der Waals surface area contributed by atoms with Crippen molar-refractivity contribution in [3.05, 3.63) is 53.3 Å². The fraction of sp³-hybridized carbons (Fsp3) is 0.476. The van der Waals surface area contributed by atoms with Gasteiger partial charge in [0.15, 0.2) is 0 Å². The second-order valence-electron chi connectivity index (χ2n) is 7.97. The molecule has 1 unspecified atom stereocenters. The molecule has 0 radical (unpaired) electrons. The number of carbonyl (C=O) groups excluding carboxylic acids is 2. The fourth-order valence-corrected chi connectivity index (χ4v) is 4.12. The highest BCUT2D eigenvalue weighted by molar-refractivity contribution is 5.92. The van der Waals surface area contributed by atoms with Crippen LogP contribution >= 0.6 is 0 Å². The first-order valence-corrected chi connectivity index (χ1v) is 9.80. The van der Waals surface area contributed by atoms with Crippen LogP contribution in [0.5, 0.6) is 0 Å². The number of aromatic amines is 1. The minimum atomic E-state index is -0.480. The second kappa shape index (κ2) is 7.30. The Kier molecular flexibility index (Phi) is 4.83. The maximum Gasteiger partial charge on any atom is 0.410 e. The molecule has 1 aromatic heterocycles. The van der Waals surface area contributed by atoms with Crippen LogP contribution < -0.4 is 0 Å². The number of aromatic nitrogens is 2. The first-order chi connectivity index (χ1) is 13.5. The zero-order chi connectivity index (χ0) is 19.7. The topological polar surface area (TPSA) is 78.5 Å². The number of nitrogens with zero attached hydrogens (tertiary/aromatic N) is 3. The Balaban J connectivity index is 1.36. The Hall–Kier alpha value is -2.83. The number of piperidine rings is 1. The molecular formula is C21H26N4O3. The van der Waals surface area contributed by atoms with E-state index in [1.165, 1.54) is 5.56 Å². The van der Waals surface area contributed by atoms with E-state index in [0.29, 0.717) is 44.7 Å². The molecule has 0 bridgehead atoms. The normalized spacial score (nSPS) is 19.7. The van der Waals surface area contributed by atoms with E-state index in [9.17, 15) is 9.59 Å². The maximum absolute atomic E-state index is 12.6. The number of ether oxygens (including phenoxy) is 1. The van der Waals surface area contributed by atoms with Crippen LogP contribution in [0, 0.1) is 6.92 Å². The third kappa shape index (κ3) is 3.61. The Bertz CT molecular complexity index is 856. The summed E-state index contributed by atoms with van der Waals surface area (Å²) < 4.78 is 5.80. The summed E-state index contributed by atoms with van der Waals surface area (Å²) in [6, 6.07) is 12.0. The lowest BCUT2D eigenvalue weighted by molar-refractivity contribution is 0.00296. The van der Waals surface area contributed by atoms with Crippen LogP contribution in [-0.4, -0.2) is 63.8 Å². The van der Waals surface area contributed by atoms with Crippen LogP contribution in [0.1, 0.15) is 47.4 Å². The van der Waals surface area contributed by atoms with Gasteiger partial charge in [0.1, 0.15) is 11.3 Å². The number of carbonyl (C=O) groups is 2. The highest BCUT2D eigenvalue weighted by Gasteiger charge is 2.47. The van der Waals surface area contributed by atoms with Crippen molar-refractivity contribution in [2.24, 2.45) is 0 Å². The molecule has 1 aromatic carbocycles. The standard InChI is InChI=1S/C21H26N4O3/c1-15(17-6-4-3-5-7-17)13-25-14-21(28-20(25)27)8-10-24(11-9-21)19(26)18-12-16(2)22-23-18/h3-7,12,15H,8-11,13-14H2,1-2H3,(H,22,23). The number of likely N-dealkylation sites (tertiary alicyclic amines) is 1. The molecule has 2 amide bonds. The first kappa shape index (κ1) is 18.5. The van der Waals surface area contributed by atoms with Gasteiger partial charge in [-0.05, 0) is 24.5 Å². The van der Waals surface area contributed by atoms with E-state index >= 15 is 0 Å². The van der Waals surface area contributed by atoms with Gasteiger partial charge < -0.3 is 14.5 Å². The van der Waals surface area contributed by atoms with Gasteiger partial charge >= 0.3 is 6.09 Å². The Morgan fingerprint density at radius 2 is 2.00 bits per heavy atom. The monoisotopic (exact) mass is 382 g/mol. The number of aryl methyl sites for hydroxylation is 1. The molecule has 148 valence electrons. The van der Waals surface area contributed by atoms with Gasteiger partial charge in [-0.2, -0.15) is 5.10 Å². The molecule has 0 aliphatic carbocycles. The lowest BCUT2D eigenvalue weighted by Crippen LogP contribution is -2.49. The average molecular weight is 382 g/mol. The summed E-state index contributed by atoms with van der Waals surface area (Å²) >= 11 is 0. The molecule has 0 saturated carbocycles. The zero-order valence-corrected chi connectivity index (χ0v) is 16.4. The third-order valence-corrected chi connectivity index (χ3v) is 5.79. The third-order valence-electron chi connectivity index (χ3n) is 5.79. The molecule has 2 aromatic rings. The van der Waals surface area contributed by atoms with E-state index in [0.717, 1.165) is 5.69 Å². The lowest BCUT2D eigenvalue weighted by atomic mass is 9.90. The average Bonchev–Trinajstić information content (AvgIpc) is 3.26. The molecular weight excluding hydrogens is 356 g/mol. The van der Waals surface area contributed by atoms with Gasteiger partial charge in [-0.15, -0.1) is 0 Å². The minimum absolute atomic E-state index is 0.0712. The van der Waals surface area contributed by atoms with E-state index in [1.54, 1.807) is 11.0 Å². The molecule has 4 rings (SSSR count). The number of rotatable bonds is 4. The summed E-state index contributed by atoms with van der Waals surface area (Å²) in [7, 11) is 0. The maximum atomic E-state index is 12.6. The largest absolute Gasteiger partial charge is 0.441 e. The number of nitrogens with one attached hydrogen (secondary N) is 1. The molecule has 3 heterocycles. The summed E-state index contributed by atoms with van der Waals surface area (Å²) in [6.45, 7) is 6.37. The SMILES string of the molecule is Cc1cc(C(=O)N2CCC3(CC2)CN(CC(C)c2ccccc2)C(=O)O3)n[nH]1. The predicted octanol–water partition coefficient (Wildman–Crippen LogP) is 2.95. The van der Waals surface area contributed by atoms with Crippen molar-refractivity contribution in [3.8, 4) is 0 Å². The molecule has 2 aliphatic heterocycles. The Morgan fingerprint density at radius 1 is 1.29 bits per heavy atom. The summed E-state index contributed by atoms with van der Waals surface area (Å²) in [6.07, 6.45) is 1.07.